The molecule has 0 atom stereocenters. The van der Waals surface area contributed by atoms with Crippen LogP contribution < -0.4 is 5.32 Å². The molecular weight excluding hydrogens is 398 g/mol. The molecule has 5 aromatic rings. The van der Waals surface area contributed by atoms with Crippen LogP contribution in [0.2, 0.25) is 5.02 Å². The molecule has 0 amide bonds. The Hall–Kier alpha value is -2.48. The maximum Gasteiger partial charge on any atom is 0.250 e. The normalized spacial score (nSPS) is 11.5. The van der Waals surface area contributed by atoms with Gasteiger partial charge in [-0.25, -0.2) is 9.50 Å². The molecule has 1 N–H and O–H groups in total. The molecule has 0 bridgehead atoms. The van der Waals surface area contributed by atoms with Crippen molar-refractivity contribution < 1.29 is 0 Å². The van der Waals surface area contributed by atoms with Gasteiger partial charge in [-0.05, 0) is 36.2 Å². The summed E-state index contributed by atoms with van der Waals surface area (Å²) in [5.41, 5.74) is 4.34. The van der Waals surface area contributed by atoms with Gasteiger partial charge >= 0.3 is 0 Å². The van der Waals surface area contributed by atoms with Crippen LogP contribution >= 0.6 is 34.3 Å². The molecule has 0 radical (unpaired) electrons. The quantitative estimate of drug-likeness (QED) is 0.392. The van der Waals surface area contributed by atoms with Gasteiger partial charge in [-0.3, -0.25) is 5.32 Å². The second kappa shape index (κ2) is 6.60. The lowest BCUT2D eigenvalue weighted by Gasteiger charge is -1.99. The van der Waals surface area contributed by atoms with Crippen LogP contribution in [0.4, 0.5) is 11.1 Å². The van der Waals surface area contributed by atoms with Gasteiger partial charge in [-0.1, -0.05) is 48.1 Å². The molecule has 5 rings (SSSR count). The highest BCUT2D eigenvalue weighted by Crippen LogP contribution is 2.30. The molecule has 0 spiro atoms. The van der Waals surface area contributed by atoms with E-state index in [0.29, 0.717) is 11.0 Å². The Labute approximate surface area is 168 Å². The van der Waals surface area contributed by atoms with Crippen molar-refractivity contribution in [1.82, 2.24) is 19.6 Å². The largest absolute Gasteiger partial charge is 0.299 e. The Bertz CT molecular complexity index is 1250. The minimum atomic E-state index is 0.548. The predicted molar refractivity (Wildman–Crippen MR) is 114 cm³/mol. The van der Waals surface area contributed by atoms with Gasteiger partial charge in [0.2, 0.25) is 10.9 Å². The first kappa shape index (κ1) is 16.7. The van der Waals surface area contributed by atoms with Crippen molar-refractivity contribution in [3.05, 3.63) is 58.4 Å². The third kappa shape index (κ3) is 3.07. The maximum absolute atomic E-state index is 5.99. The number of nitrogens with zero attached hydrogens (tertiary/aromatic N) is 4. The summed E-state index contributed by atoms with van der Waals surface area (Å²) in [7, 11) is 0. The fourth-order valence-electron chi connectivity index (χ4n) is 2.89. The fourth-order valence-corrected chi connectivity index (χ4v) is 4.77. The first-order valence-corrected chi connectivity index (χ1v) is 10.5. The van der Waals surface area contributed by atoms with Gasteiger partial charge in [0, 0.05) is 16.0 Å². The van der Waals surface area contributed by atoms with E-state index in [1.165, 1.54) is 10.3 Å². The molecule has 0 unspecified atom stereocenters. The topological polar surface area (TPSA) is 55.1 Å². The minimum absolute atomic E-state index is 0.548. The number of hydrogen-bond acceptors (Lipinski definition) is 6. The molecule has 3 heterocycles. The van der Waals surface area contributed by atoms with E-state index in [1.54, 1.807) is 22.7 Å². The van der Waals surface area contributed by atoms with E-state index in [4.69, 9.17) is 11.6 Å². The summed E-state index contributed by atoms with van der Waals surface area (Å²) in [5.74, 6) is 0.548. The third-order valence-electron chi connectivity index (χ3n) is 4.30. The maximum atomic E-state index is 5.99. The average Bonchev–Trinajstić information content (AvgIpc) is 3.35. The van der Waals surface area contributed by atoms with Gasteiger partial charge in [0.1, 0.15) is 0 Å². The summed E-state index contributed by atoms with van der Waals surface area (Å²) < 4.78 is 3.01. The molecule has 8 heteroatoms. The van der Waals surface area contributed by atoms with Crippen LogP contribution in [0.3, 0.4) is 0 Å². The van der Waals surface area contributed by atoms with Crippen LogP contribution in [0.15, 0.2) is 47.8 Å². The molecule has 2 aromatic carbocycles. The zero-order valence-corrected chi connectivity index (χ0v) is 16.7. The second-order valence-electron chi connectivity index (χ2n) is 6.06. The Balaban J connectivity index is 1.48. The highest BCUT2D eigenvalue weighted by atomic mass is 35.5. The Morgan fingerprint density at radius 2 is 1.96 bits per heavy atom. The number of rotatable bonds is 4. The SMILES string of the molecule is CCc1ccc2nc(Nc3nc4scc(-c5ccc(Cl)cc5)n4n3)sc2c1. The number of anilines is 2. The summed E-state index contributed by atoms with van der Waals surface area (Å²) in [5, 5.41) is 11.4. The van der Waals surface area contributed by atoms with E-state index in [-0.39, 0.29) is 0 Å². The number of aromatic nitrogens is 4. The summed E-state index contributed by atoms with van der Waals surface area (Å²) in [6.07, 6.45) is 1.02. The van der Waals surface area contributed by atoms with Crippen LogP contribution in [0.1, 0.15) is 12.5 Å². The van der Waals surface area contributed by atoms with Crippen molar-refractivity contribution in [2.45, 2.75) is 13.3 Å². The second-order valence-corrected chi connectivity index (χ2v) is 8.36. The van der Waals surface area contributed by atoms with Gasteiger partial charge in [0.05, 0.1) is 15.9 Å². The molecule has 0 aliphatic heterocycles. The molecule has 0 aliphatic carbocycles. The monoisotopic (exact) mass is 411 g/mol. The smallest absolute Gasteiger partial charge is 0.250 e. The number of thiazole rings is 2. The number of benzene rings is 2. The molecule has 0 saturated carbocycles. The van der Waals surface area contributed by atoms with Crippen molar-refractivity contribution in [2.24, 2.45) is 0 Å². The Morgan fingerprint density at radius 3 is 2.78 bits per heavy atom. The van der Waals surface area contributed by atoms with Gasteiger partial charge in [0.25, 0.3) is 0 Å². The van der Waals surface area contributed by atoms with Crippen LogP contribution in [-0.2, 0) is 6.42 Å². The van der Waals surface area contributed by atoms with Gasteiger partial charge < -0.3 is 0 Å². The van der Waals surface area contributed by atoms with Crippen molar-refractivity contribution in [2.75, 3.05) is 5.32 Å². The van der Waals surface area contributed by atoms with Gasteiger partial charge in [0.15, 0.2) is 5.13 Å². The average molecular weight is 412 g/mol. The van der Waals surface area contributed by atoms with Crippen LogP contribution in [0, 0.1) is 0 Å². The lowest BCUT2D eigenvalue weighted by atomic mass is 10.2. The Kier molecular flexibility index (Phi) is 4.07. The zero-order chi connectivity index (χ0) is 18.4. The van der Waals surface area contributed by atoms with Crippen molar-refractivity contribution in [3.8, 4) is 11.3 Å². The molecular formula is C19H14ClN5S2. The summed E-state index contributed by atoms with van der Waals surface area (Å²) in [4.78, 5) is 10.0. The molecule has 0 aliphatic rings. The first-order valence-electron chi connectivity index (χ1n) is 8.46. The highest BCUT2D eigenvalue weighted by molar-refractivity contribution is 7.22. The standard InChI is InChI=1S/C19H14ClN5S2/c1-2-11-3-8-14-16(9-11)27-18(21-14)22-17-23-19-25(24-17)15(10-26-19)12-4-6-13(20)7-5-12/h3-10H,2H2,1H3,(H,21,22,24). The zero-order valence-electron chi connectivity index (χ0n) is 14.3. The first-order chi connectivity index (χ1) is 13.2. The van der Waals surface area contributed by atoms with Crippen LogP contribution in [0.25, 0.3) is 26.4 Å². The number of aryl methyl sites for hydroxylation is 1. The summed E-state index contributed by atoms with van der Waals surface area (Å²) >= 11 is 9.16. The molecule has 134 valence electrons. The molecule has 27 heavy (non-hydrogen) atoms. The van der Waals surface area contributed by atoms with E-state index in [1.807, 2.05) is 34.2 Å². The van der Waals surface area contributed by atoms with E-state index < -0.39 is 0 Å². The van der Waals surface area contributed by atoms with Gasteiger partial charge in [-0.2, -0.15) is 4.98 Å². The van der Waals surface area contributed by atoms with Crippen molar-refractivity contribution in [3.63, 3.8) is 0 Å². The van der Waals surface area contributed by atoms with Crippen LogP contribution in [-0.4, -0.2) is 19.6 Å². The van der Waals surface area contributed by atoms with Crippen molar-refractivity contribution >= 4 is 60.5 Å². The number of nitrogens with one attached hydrogen (secondary N) is 1. The Morgan fingerprint density at radius 1 is 1.11 bits per heavy atom. The van der Waals surface area contributed by atoms with E-state index >= 15 is 0 Å². The molecule has 0 fully saturated rings. The lowest BCUT2D eigenvalue weighted by Crippen LogP contribution is -1.93. The van der Waals surface area contributed by atoms with Crippen LogP contribution in [0.5, 0.6) is 0 Å². The third-order valence-corrected chi connectivity index (χ3v) is 6.30. The van der Waals surface area contributed by atoms with Crippen molar-refractivity contribution in [1.29, 1.82) is 0 Å². The lowest BCUT2D eigenvalue weighted by molar-refractivity contribution is 0.988. The number of halogens is 1. The van der Waals surface area contributed by atoms with E-state index in [9.17, 15) is 0 Å². The molecule has 5 nitrogen and oxygen atoms in total. The highest BCUT2D eigenvalue weighted by Gasteiger charge is 2.13. The summed E-state index contributed by atoms with van der Waals surface area (Å²) in [6.45, 7) is 2.15. The van der Waals surface area contributed by atoms with E-state index in [2.05, 4.69) is 45.5 Å². The number of fused-ring (bicyclic) bond motifs is 2. The van der Waals surface area contributed by atoms with E-state index in [0.717, 1.165) is 33.3 Å². The molecule has 3 aromatic heterocycles. The number of hydrogen-bond donors (Lipinski definition) is 1. The minimum Gasteiger partial charge on any atom is -0.299 e. The fraction of sp³-hybridized carbons (Fsp3) is 0.105. The van der Waals surface area contributed by atoms with Gasteiger partial charge in [-0.15, -0.1) is 16.4 Å². The molecule has 0 saturated heterocycles. The predicted octanol–water partition coefficient (Wildman–Crippen LogP) is 6.03. The summed E-state index contributed by atoms with van der Waals surface area (Å²) in [6, 6.07) is 14.1.